The third-order valence-electron chi connectivity index (χ3n) is 2.06. The number of aromatic nitrogens is 2. The van der Waals surface area contributed by atoms with E-state index in [1.165, 1.54) is 0 Å². The number of hydrogen-bond donors (Lipinski definition) is 1. The molecule has 0 amide bonds. The quantitative estimate of drug-likeness (QED) is 0.737. The molecule has 0 radical (unpaired) electrons. The fraction of sp³-hybridized carbons (Fsp3) is 0.667. The molecule has 0 saturated carbocycles. The van der Waals surface area contributed by atoms with Gasteiger partial charge in [-0.2, -0.15) is 5.10 Å². The van der Waals surface area contributed by atoms with Crippen molar-refractivity contribution < 1.29 is 0 Å². The normalized spacial score (nSPS) is 13.2. The lowest BCUT2D eigenvalue weighted by Gasteiger charge is -2.07. The summed E-state index contributed by atoms with van der Waals surface area (Å²) in [5.41, 5.74) is 1.11. The van der Waals surface area contributed by atoms with Crippen LogP contribution in [0.3, 0.4) is 0 Å². The molecule has 1 rings (SSSR count). The van der Waals surface area contributed by atoms with E-state index in [0.717, 1.165) is 18.7 Å². The highest BCUT2D eigenvalue weighted by Gasteiger charge is 2.02. The fourth-order valence-electron chi connectivity index (χ4n) is 1.09. The van der Waals surface area contributed by atoms with E-state index < -0.39 is 0 Å². The van der Waals surface area contributed by atoms with Gasteiger partial charge in [0.2, 0.25) is 0 Å². The molecule has 1 N–H and O–H groups in total. The smallest absolute Gasteiger partial charge is 0.0762 e. The van der Waals surface area contributed by atoms with Gasteiger partial charge in [0, 0.05) is 18.8 Å². The molecule has 0 fully saturated rings. The maximum atomic E-state index is 4.42. The Bertz CT molecular complexity index is 229. The summed E-state index contributed by atoms with van der Waals surface area (Å²) < 4.78 is 2.02. The second-order valence-corrected chi connectivity index (χ2v) is 3.07. The molecule has 12 heavy (non-hydrogen) atoms. The van der Waals surface area contributed by atoms with Crippen LogP contribution in [0, 0.1) is 0 Å². The van der Waals surface area contributed by atoms with E-state index in [2.05, 4.69) is 30.3 Å². The van der Waals surface area contributed by atoms with Crippen LogP contribution in [0.2, 0.25) is 0 Å². The van der Waals surface area contributed by atoms with E-state index in [1.54, 1.807) is 0 Å². The van der Waals surface area contributed by atoms with Gasteiger partial charge in [-0.1, -0.05) is 6.92 Å². The largest absolute Gasteiger partial charge is 0.314 e. The van der Waals surface area contributed by atoms with Crippen molar-refractivity contribution in [2.45, 2.75) is 32.9 Å². The molecule has 1 heterocycles. The number of nitrogens with zero attached hydrogens (tertiary/aromatic N) is 2. The molecule has 3 nitrogen and oxygen atoms in total. The van der Waals surface area contributed by atoms with Crippen LogP contribution in [-0.4, -0.2) is 16.8 Å². The van der Waals surface area contributed by atoms with Gasteiger partial charge >= 0.3 is 0 Å². The summed E-state index contributed by atoms with van der Waals surface area (Å²) in [6.07, 6.45) is 3.17. The van der Waals surface area contributed by atoms with Crippen LogP contribution in [0.5, 0.6) is 0 Å². The number of nitrogens with one attached hydrogen (secondary N) is 1. The van der Waals surface area contributed by atoms with E-state index in [9.17, 15) is 0 Å². The van der Waals surface area contributed by atoms with E-state index in [0.29, 0.717) is 6.04 Å². The Morgan fingerprint density at radius 1 is 1.67 bits per heavy atom. The third kappa shape index (κ3) is 2.08. The lowest BCUT2D eigenvalue weighted by Crippen LogP contribution is -2.08. The average molecular weight is 167 g/mol. The maximum Gasteiger partial charge on any atom is 0.0762 e. The predicted octanol–water partition coefficient (Wildman–Crippen LogP) is 1.57. The first-order chi connectivity index (χ1) is 5.77. The summed E-state index contributed by atoms with van der Waals surface area (Å²) in [4.78, 5) is 0. The number of hydrogen-bond acceptors (Lipinski definition) is 2. The summed E-state index contributed by atoms with van der Waals surface area (Å²) in [6, 6.07) is 2.57. The molecule has 1 aromatic heterocycles. The van der Waals surface area contributed by atoms with Gasteiger partial charge in [-0.15, -0.1) is 0 Å². The molecular weight excluding hydrogens is 150 g/mol. The van der Waals surface area contributed by atoms with E-state index in [1.807, 2.05) is 17.9 Å². The zero-order chi connectivity index (χ0) is 8.97. The highest BCUT2D eigenvalue weighted by Crippen LogP contribution is 2.08. The Morgan fingerprint density at radius 3 is 3.00 bits per heavy atom. The first kappa shape index (κ1) is 9.26. The van der Waals surface area contributed by atoms with Crippen molar-refractivity contribution in [3.05, 3.63) is 18.0 Å². The van der Waals surface area contributed by atoms with Gasteiger partial charge in [0.1, 0.15) is 0 Å². The van der Waals surface area contributed by atoms with Crippen LogP contribution in [-0.2, 0) is 6.54 Å². The van der Waals surface area contributed by atoms with Gasteiger partial charge in [0.25, 0.3) is 0 Å². The summed E-state index contributed by atoms with van der Waals surface area (Å²) in [7, 11) is 1.93. The molecule has 0 aliphatic heterocycles. The minimum absolute atomic E-state index is 0.510. The highest BCUT2D eigenvalue weighted by atomic mass is 15.3. The SMILES string of the molecule is CCC(C)n1ccc(CNC)n1. The molecule has 1 unspecified atom stereocenters. The molecule has 0 spiro atoms. The standard InChI is InChI=1S/C9H17N3/c1-4-8(2)12-6-5-9(11-12)7-10-3/h5-6,8,10H,4,7H2,1-3H3. The van der Waals surface area contributed by atoms with Crippen LogP contribution in [0.25, 0.3) is 0 Å². The van der Waals surface area contributed by atoms with Crippen LogP contribution >= 0.6 is 0 Å². The summed E-state index contributed by atoms with van der Waals surface area (Å²) in [5.74, 6) is 0. The first-order valence-electron chi connectivity index (χ1n) is 4.46. The zero-order valence-corrected chi connectivity index (χ0v) is 8.04. The molecule has 0 aliphatic carbocycles. The van der Waals surface area contributed by atoms with Gasteiger partial charge in [-0.3, -0.25) is 4.68 Å². The zero-order valence-electron chi connectivity index (χ0n) is 8.04. The minimum atomic E-state index is 0.510. The Morgan fingerprint density at radius 2 is 2.42 bits per heavy atom. The van der Waals surface area contributed by atoms with Crippen LogP contribution in [0.4, 0.5) is 0 Å². The monoisotopic (exact) mass is 167 g/mol. The Kier molecular flexibility index (Phi) is 3.29. The molecule has 0 bridgehead atoms. The Hall–Kier alpha value is -0.830. The van der Waals surface area contributed by atoms with Gasteiger partial charge in [-0.05, 0) is 26.5 Å². The molecule has 0 aliphatic rings. The van der Waals surface area contributed by atoms with E-state index in [4.69, 9.17) is 0 Å². The van der Waals surface area contributed by atoms with Crippen molar-refractivity contribution >= 4 is 0 Å². The summed E-state index contributed by atoms with van der Waals surface area (Å²) in [5, 5.41) is 7.50. The Balaban J connectivity index is 2.63. The van der Waals surface area contributed by atoms with E-state index >= 15 is 0 Å². The van der Waals surface area contributed by atoms with Crippen molar-refractivity contribution in [3.8, 4) is 0 Å². The van der Waals surface area contributed by atoms with Gasteiger partial charge in [-0.25, -0.2) is 0 Å². The van der Waals surface area contributed by atoms with Gasteiger partial charge in [0.05, 0.1) is 5.69 Å². The molecule has 1 aromatic rings. The molecule has 1 atom stereocenters. The van der Waals surface area contributed by atoms with Gasteiger partial charge < -0.3 is 5.32 Å². The maximum absolute atomic E-state index is 4.42. The lowest BCUT2D eigenvalue weighted by molar-refractivity contribution is 0.472. The summed E-state index contributed by atoms with van der Waals surface area (Å²) >= 11 is 0. The molecule has 3 heteroatoms. The number of rotatable bonds is 4. The average Bonchev–Trinajstić information content (AvgIpc) is 2.52. The van der Waals surface area contributed by atoms with Crippen molar-refractivity contribution in [3.63, 3.8) is 0 Å². The minimum Gasteiger partial charge on any atom is -0.314 e. The third-order valence-corrected chi connectivity index (χ3v) is 2.06. The molecule has 0 saturated heterocycles. The molecule has 0 aromatic carbocycles. The van der Waals surface area contributed by atoms with Crippen molar-refractivity contribution in [2.75, 3.05) is 7.05 Å². The predicted molar refractivity (Wildman–Crippen MR) is 50.0 cm³/mol. The van der Waals surface area contributed by atoms with Crippen LogP contribution in [0.1, 0.15) is 32.0 Å². The second kappa shape index (κ2) is 4.26. The van der Waals surface area contributed by atoms with Crippen molar-refractivity contribution in [2.24, 2.45) is 0 Å². The summed E-state index contributed by atoms with van der Waals surface area (Å²) in [6.45, 7) is 5.20. The lowest BCUT2D eigenvalue weighted by atomic mass is 10.3. The van der Waals surface area contributed by atoms with E-state index in [-0.39, 0.29) is 0 Å². The first-order valence-corrected chi connectivity index (χ1v) is 4.46. The van der Waals surface area contributed by atoms with Gasteiger partial charge in [0.15, 0.2) is 0 Å². The fourth-order valence-corrected chi connectivity index (χ4v) is 1.09. The highest BCUT2D eigenvalue weighted by molar-refractivity contribution is 4.98. The molecular formula is C9H17N3. The van der Waals surface area contributed by atoms with Crippen LogP contribution < -0.4 is 5.32 Å². The topological polar surface area (TPSA) is 29.9 Å². The van der Waals surface area contributed by atoms with Crippen molar-refractivity contribution in [1.29, 1.82) is 0 Å². The second-order valence-electron chi connectivity index (χ2n) is 3.07. The Labute approximate surface area is 73.8 Å². The molecule has 68 valence electrons. The van der Waals surface area contributed by atoms with Crippen LogP contribution in [0.15, 0.2) is 12.3 Å². The van der Waals surface area contributed by atoms with Crippen molar-refractivity contribution in [1.82, 2.24) is 15.1 Å².